The molecule has 0 saturated carbocycles. The second kappa shape index (κ2) is 39.7. The summed E-state index contributed by atoms with van der Waals surface area (Å²) >= 11 is 0. The van der Waals surface area contributed by atoms with Crippen molar-refractivity contribution >= 4 is 65.0 Å². The molecule has 1 aliphatic rings. The van der Waals surface area contributed by atoms with Gasteiger partial charge in [-0.25, -0.2) is 0 Å². The van der Waals surface area contributed by atoms with Crippen LogP contribution in [0.3, 0.4) is 0 Å². The molecular formula is C65H116N14O14. The number of azide groups is 1. The molecule has 0 aliphatic carbocycles. The molecule has 6 N–H and O–H groups in total. The van der Waals surface area contributed by atoms with E-state index in [0.717, 1.165) is 14.7 Å². The lowest BCUT2D eigenvalue weighted by Gasteiger charge is -2.41. The predicted octanol–water partition coefficient (Wildman–Crippen LogP) is 3.08. The van der Waals surface area contributed by atoms with Crippen molar-refractivity contribution in [2.45, 2.75) is 235 Å². The number of carbonyl (C=O) groups is 11. The Morgan fingerprint density at radius 2 is 1.00 bits per heavy atom. The van der Waals surface area contributed by atoms with E-state index in [9.17, 15) is 39.0 Å². The number of hydrogen-bond acceptors (Lipinski definition) is 15. The minimum Gasteiger partial charge on any atom is -0.394 e. The highest BCUT2D eigenvalue weighted by molar-refractivity contribution is 6.00. The van der Waals surface area contributed by atoms with Gasteiger partial charge in [-0.3, -0.25) is 52.7 Å². The third-order valence-corrected chi connectivity index (χ3v) is 17.2. The van der Waals surface area contributed by atoms with E-state index < -0.39 is 168 Å². The molecule has 1 unspecified atom stereocenters. The summed E-state index contributed by atoms with van der Waals surface area (Å²) in [6.07, 6.45) is 1.52. The van der Waals surface area contributed by atoms with Crippen LogP contribution in [0.15, 0.2) is 17.3 Å². The van der Waals surface area contributed by atoms with Crippen LogP contribution < -0.4 is 21.3 Å². The van der Waals surface area contributed by atoms with Crippen molar-refractivity contribution in [3.8, 4) is 0 Å². The summed E-state index contributed by atoms with van der Waals surface area (Å²) < 4.78 is 6.14. The molecule has 1 fully saturated rings. The molecule has 1 rings (SSSR count). The smallest absolute Gasteiger partial charge is 0.248 e. The van der Waals surface area contributed by atoms with Gasteiger partial charge in [-0.05, 0) is 108 Å². The van der Waals surface area contributed by atoms with Gasteiger partial charge in [-0.2, -0.15) is 0 Å². The average molecular weight is 1320 g/mol. The van der Waals surface area contributed by atoms with Crippen LogP contribution in [0.25, 0.3) is 10.4 Å². The first-order chi connectivity index (χ1) is 43.3. The van der Waals surface area contributed by atoms with Crippen LogP contribution >= 0.6 is 0 Å². The number of unbranched alkanes of at least 4 members (excludes halogenated alkanes) is 1. The highest BCUT2D eigenvalue weighted by Gasteiger charge is 2.47. The Hall–Kier alpha value is -6.90. The fourth-order valence-corrected chi connectivity index (χ4v) is 11.7. The van der Waals surface area contributed by atoms with Gasteiger partial charge in [-0.15, -0.1) is 0 Å². The van der Waals surface area contributed by atoms with Crippen molar-refractivity contribution in [2.75, 3.05) is 68.6 Å². The maximum atomic E-state index is 15.2. The van der Waals surface area contributed by atoms with E-state index >= 15 is 24.0 Å². The number of nitrogens with one attached hydrogen (secondary N) is 4. The Balaban J connectivity index is 4.52. The quantitative estimate of drug-likeness (QED) is 0.0316. The Bertz CT molecular complexity index is 2600. The number of likely N-dealkylation sites (N-methyl/N-ethyl adjacent to an activating group) is 7. The lowest BCUT2D eigenvalue weighted by atomic mass is 9.93. The monoisotopic (exact) mass is 1320 g/mol. The molecule has 0 bridgehead atoms. The van der Waals surface area contributed by atoms with Gasteiger partial charge in [0.1, 0.15) is 66.5 Å². The van der Waals surface area contributed by atoms with Gasteiger partial charge in [0.2, 0.25) is 65.0 Å². The predicted molar refractivity (Wildman–Crippen MR) is 354 cm³/mol. The largest absolute Gasteiger partial charge is 0.394 e. The van der Waals surface area contributed by atoms with E-state index in [1.165, 1.54) is 89.6 Å². The van der Waals surface area contributed by atoms with Crippen LogP contribution in [0.4, 0.5) is 0 Å². The molecule has 28 nitrogen and oxygen atoms in total. The van der Waals surface area contributed by atoms with Gasteiger partial charge in [0.05, 0.1) is 18.8 Å². The van der Waals surface area contributed by atoms with Crippen LogP contribution in [0.2, 0.25) is 0 Å². The van der Waals surface area contributed by atoms with Crippen LogP contribution in [-0.4, -0.2) is 257 Å². The molecule has 93 heavy (non-hydrogen) atoms. The topological polar surface area (TPSA) is 357 Å². The van der Waals surface area contributed by atoms with Crippen LogP contribution in [-0.2, 0) is 57.5 Å². The first kappa shape index (κ1) is 84.1. The second-order valence-corrected chi connectivity index (χ2v) is 26.8. The van der Waals surface area contributed by atoms with Crippen molar-refractivity contribution in [1.29, 1.82) is 0 Å². The van der Waals surface area contributed by atoms with Gasteiger partial charge >= 0.3 is 0 Å². The average Bonchev–Trinajstić information content (AvgIpc) is 0.823. The van der Waals surface area contributed by atoms with E-state index in [1.807, 2.05) is 41.5 Å². The number of aliphatic hydroxyl groups is 2. The molecular weight excluding hydrogens is 1200 g/mol. The van der Waals surface area contributed by atoms with Crippen LogP contribution in [0, 0.1) is 35.5 Å². The minimum atomic E-state index is -1.72. The molecule has 0 aromatic carbocycles. The molecule has 530 valence electrons. The summed E-state index contributed by atoms with van der Waals surface area (Å²) in [6.45, 7) is 27.5. The van der Waals surface area contributed by atoms with E-state index in [0.29, 0.717) is 12.8 Å². The van der Waals surface area contributed by atoms with Crippen molar-refractivity contribution in [3.05, 3.63) is 22.6 Å². The summed E-state index contributed by atoms with van der Waals surface area (Å²) in [5.74, 6) is -11.2. The number of aliphatic hydroxyl groups excluding tert-OH is 2. The van der Waals surface area contributed by atoms with Gasteiger partial charge in [0, 0.05) is 72.8 Å². The SMILES string of the molecule is C/C=C/[C@@H](C)[C@@H](O)[C@H]1C(=O)N[C@@H](CC)C(=O)N(CC)[C@H](CO)C(=O)N(C)C([C@@H](C)OCCCCN=[N+]=[N-])C(=O)N[C@@H](C(C)C)C(=O)N(C)[C@@H](CC(C)C)C(=O)N[C@@H](C)C(=O)N[C@H](C)C(=O)N(C)[C@@H](CC(C)C)C(=O)N(C)[C@@H](CC(C)C)C(=O)N(C)[C@@H](C(C)C)C(=O)N1C. The maximum absolute atomic E-state index is 15.2. The van der Waals surface area contributed by atoms with E-state index in [2.05, 4.69) is 31.3 Å². The first-order valence-electron chi connectivity index (χ1n) is 32.9. The molecule has 1 aliphatic heterocycles. The van der Waals surface area contributed by atoms with Gasteiger partial charge < -0.3 is 70.5 Å². The third kappa shape index (κ3) is 23.5. The minimum absolute atomic E-state index is 0.0197. The van der Waals surface area contributed by atoms with Gasteiger partial charge in [0.25, 0.3) is 0 Å². The van der Waals surface area contributed by atoms with Crippen molar-refractivity contribution in [3.63, 3.8) is 0 Å². The number of allylic oxidation sites excluding steroid dienone is 1. The molecule has 0 aromatic heterocycles. The number of ether oxygens (including phenoxy) is 1. The molecule has 0 aromatic rings. The zero-order valence-corrected chi connectivity index (χ0v) is 60.0. The summed E-state index contributed by atoms with van der Waals surface area (Å²) in [7, 11) is 8.21. The van der Waals surface area contributed by atoms with E-state index in [1.54, 1.807) is 60.6 Å². The third-order valence-electron chi connectivity index (χ3n) is 17.2. The summed E-state index contributed by atoms with van der Waals surface area (Å²) in [5, 5.41) is 37.6. The number of hydrogen-bond donors (Lipinski definition) is 6. The normalized spacial score (nSPS) is 26.6. The highest BCUT2D eigenvalue weighted by Crippen LogP contribution is 2.26. The van der Waals surface area contributed by atoms with E-state index in [4.69, 9.17) is 10.3 Å². The maximum Gasteiger partial charge on any atom is 0.248 e. The zero-order valence-electron chi connectivity index (χ0n) is 60.0. The number of carbonyl (C=O) groups excluding carboxylic acids is 11. The lowest BCUT2D eigenvalue weighted by molar-refractivity contribution is -0.157. The zero-order chi connectivity index (χ0) is 71.8. The molecule has 0 radical (unpaired) electrons. The first-order valence-corrected chi connectivity index (χ1v) is 32.9. The number of nitrogens with zero attached hydrogens (tertiary/aromatic N) is 10. The van der Waals surface area contributed by atoms with Crippen molar-refractivity contribution in [2.24, 2.45) is 40.6 Å². The summed E-state index contributed by atoms with van der Waals surface area (Å²) in [5.41, 5.74) is 8.81. The Morgan fingerprint density at radius 1 is 0.538 bits per heavy atom. The number of rotatable bonds is 21. The van der Waals surface area contributed by atoms with Crippen molar-refractivity contribution in [1.82, 2.24) is 55.6 Å². The molecule has 0 spiro atoms. The fourth-order valence-electron chi connectivity index (χ4n) is 11.7. The summed E-state index contributed by atoms with van der Waals surface area (Å²) in [4.78, 5) is 174. The fraction of sp³-hybridized carbons (Fsp3) is 0.800. The Morgan fingerprint density at radius 3 is 1.47 bits per heavy atom. The summed E-state index contributed by atoms with van der Waals surface area (Å²) in [6, 6.07) is -15.2. The molecule has 11 amide bonds. The molecule has 14 atom stereocenters. The molecule has 1 saturated heterocycles. The molecule has 1 heterocycles. The Kier molecular flexibility index (Phi) is 35.9. The second-order valence-electron chi connectivity index (χ2n) is 26.8. The molecule has 28 heteroatoms. The van der Waals surface area contributed by atoms with Crippen LogP contribution in [0.1, 0.15) is 156 Å². The van der Waals surface area contributed by atoms with Crippen molar-refractivity contribution < 1.29 is 67.7 Å². The van der Waals surface area contributed by atoms with Crippen LogP contribution in [0.5, 0.6) is 0 Å². The highest BCUT2D eigenvalue weighted by atomic mass is 16.5. The van der Waals surface area contributed by atoms with Gasteiger partial charge in [-0.1, -0.05) is 100 Å². The lowest BCUT2D eigenvalue weighted by Crippen LogP contribution is -2.65. The number of amides is 11. The standard InChI is InChI=1S/C65H116N14O14/c1-24-29-41(14)54(81)53-58(85)70-45(25-2)60(87)79(26-3)49(35-80)63(90)77(22)52(44(17)93-31-28-27-30-67-72-66)57(84)71-50(39(10)11)64(91)73(18)46(32-36(4)5)56(83)68-42(15)55(82)69-43(16)59(86)74(19)47(33-37(6)7)61(88)75(20)48(34-38(8)9)62(89)76(21)51(40(12)13)65(92)78(53)23/h24,29,36-54,80-81H,25-28,30-35H2,1-23H3,(H,68,83)(H,69,82)(H,70,85)(H,71,84)/b29-24+/t41-,42+,43-,44-,45+,46+,47+,48+,49-,50+,51+,52?,53+,54-/m1/s1. The van der Waals surface area contributed by atoms with Gasteiger partial charge in [0.15, 0.2) is 0 Å². The van der Waals surface area contributed by atoms with E-state index in [-0.39, 0.29) is 63.1 Å². The Labute approximate surface area is 553 Å².